The maximum Gasteiger partial charge on any atom is 0.146 e. The first kappa shape index (κ1) is 12.3. The number of ether oxygens (including phenoxy) is 2. The Kier molecular flexibility index (Phi) is 7.54. The van der Waals surface area contributed by atoms with E-state index in [-0.39, 0.29) is 5.92 Å². The van der Waals surface area contributed by atoms with Crippen LogP contribution in [-0.2, 0) is 14.3 Å². The minimum atomic E-state index is 0.0960. The number of allylic oxidation sites excluding steroid dienone is 1. The van der Waals surface area contributed by atoms with E-state index in [0.29, 0.717) is 13.4 Å². The summed E-state index contributed by atoms with van der Waals surface area (Å²) in [4.78, 5) is 10.3. The first-order valence-electron chi connectivity index (χ1n) is 4.38. The van der Waals surface area contributed by atoms with Crippen molar-refractivity contribution in [1.29, 1.82) is 0 Å². The van der Waals surface area contributed by atoms with Crippen LogP contribution in [0.1, 0.15) is 20.3 Å². The highest BCUT2D eigenvalue weighted by Crippen LogP contribution is 2.07. The minimum Gasteiger partial charge on any atom is -0.359 e. The molecule has 0 bridgehead atoms. The van der Waals surface area contributed by atoms with Crippen molar-refractivity contribution in [2.75, 3.05) is 20.5 Å². The molecule has 0 fully saturated rings. The summed E-state index contributed by atoms with van der Waals surface area (Å²) in [6.45, 7) is 4.76. The van der Waals surface area contributed by atoms with Gasteiger partial charge in [-0.15, -0.1) is 0 Å². The average molecular weight is 186 g/mol. The lowest BCUT2D eigenvalue weighted by Gasteiger charge is -2.04. The van der Waals surface area contributed by atoms with Crippen LogP contribution < -0.4 is 0 Å². The van der Waals surface area contributed by atoms with E-state index in [9.17, 15) is 4.79 Å². The summed E-state index contributed by atoms with van der Waals surface area (Å²) >= 11 is 0. The SMILES string of the molecule is COCOC/C=C(\C)C[C@H](C)C=O. The van der Waals surface area contributed by atoms with Crippen LogP contribution in [-0.4, -0.2) is 26.8 Å². The molecule has 0 saturated carbocycles. The molecule has 0 aromatic carbocycles. The highest BCUT2D eigenvalue weighted by atomic mass is 16.7. The van der Waals surface area contributed by atoms with E-state index in [0.717, 1.165) is 12.7 Å². The van der Waals surface area contributed by atoms with Crippen LogP contribution in [0.25, 0.3) is 0 Å². The maximum atomic E-state index is 10.3. The Balaban J connectivity index is 3.56. The molecule has 76 valence electrons. The van der Waals surface area contributed by atoms with E-state index < -0.39 is 0 Å². The van der Waals surface area contributed by atoms with Gasteiger partial charge in [-0.05, 0) is 13.3 Å². The highest BCUT2D eigenvalue weighted by Gasteiger charge is 1.99. The molecule has 13 heavy (non-hydrogen) atoms. The molecule has 0 saturated heterocycles. The summed E-state index contributed by atoms with van der Waals surface area (Å²) in [6, 6.07) is 0. The molecule has 0 aliphatic rings. The van der Waals surface area contributed by atoms with Crippen molar-refractivity contribution >= 4 is 6.29 Å². The van der Waals surface area contributed by atoms with Crippen molar-refractivity contribution in [3.05, 3.63) is 11.6 Å². The van der Waals surface area contributed by atoms with E-state index in [1.165, 1.54) is 5.57 Å². The van der Waals surface area contributed by atoms with Crippen LogP contribution in [0.5, 0.6) is 0 Å². The molecule has 0 rings (SSSR count). The molecule has 0 radical (unpaired) electrons. The van der Waals surface area contributed by atoms with Crippen molar-refractivity contribution in [2.45, 2.75) is 20.3 Å². The van der Waals surface area contributed by atoms with Crippen LogP contribution >= 0.6 is 0 Å². The number of hydrogen-bond acceptors (Lipinski definition) is 3. The largest absolute Gasteiger partial charge is 0.359 e. The van der Waals surface area contributed by atoms with Gasteiger partial charge in [-0.2, -0.15) is 0 Å². The molecule has 3 heteroatoms. The third-order valence-electron chi connectivity index (χ3n) is 1.63. The van der Waals surface area contributed by atoms with Gasteiger partial charge in [-0.1, -0.05) is 18.6 Å². The number of hydrogen-bond donors (Lipinski definition) is 0. The van der Waals surface area contributed by atoms with Crippen molar-refractivity contribution in [3.63, 3.8) is 0 Å². The van der Waals surface area contributed by atoms with Gasteiger partial charge in [0, 0.05) is 13.0 Å². The predicted molar refractivity (Wildman–Crippen MR) is 51.4 cm³/mol. The smallest absolute Gasteiger partial charge is 0.146 e. The van der Waals surface area contributed by atoms with Crippen LogP contribution in [0.3, 0.4) is 0 Å². The van der Waals surface area contributed by atoms with E-state index in [1.807, 2.05) is 19.9 Å². The summed E-state index contributed by atoms with van der Waals surface area (Å²) < 4.78 is 9.80. The Morgan fingerprint density at radius 2 is 2.23 bits per heavy atom. The average Bonchev–Trinajstić information content (AvgIpc) is 2.12. The molecular formula is C10H18O3. The molecule has 0 aromatic rings. The van der Waals surface area contributed by atoms with Crippen molar-refractivity contribution in [3.8, 4) is 0 Å². The van der Waals surface area contributed by atoms with Crippen molar-refractivity contribution in [2.24, 2.45) is 5.92 Å². The predicted octanol–water partition coefficient (Wildman–Crippen LogP) is 1.78. The van der Waals surface area contributed by atoms with Crippen LogP contribution in [0.4, 0.5) is 0 Å². The number of carbonyl (C=O) groups is 1. The summed E-state index contributed by atoms with van der Waals surface area (Å²) in [5.74, 6) is 0.0960. The van der Waals surface area contributed by atoms with Gasteiger partial charge in [-0.3, -0.25) is 0 Å². The summed E-state index contributed by atoms with van der Waals surface area (Å²) in [5.41, 5.74) is 1.18. The molecular weight excluding hydrogens is 168 g/mol. The van der Waals surface area contributed by atoms with Gasteiger partial charge in [-0.25, -0.2) is 0 Å². The first-order valence-corrected chi connectivity index (χ1v) is 4.38. The van der Waals surface area contributed by atoms with Gasteiger partial charge in [0.25, 0.3) is 0 Å². The number of rotatable bonds is 7. The molecule has 0 unspecified atom stereocenters. The lowest BCUT2D eigenvalue weighted by Crippen LogP contribution is -1.99. The third-order valence-corrected chi connectivity index (χ3v) is 1.63. The van der Waals surface area contributed by atoms with Crippen molar-refractivity contribution in [1.82, 2.24) is 0 Å². The van der Waals surface area contributed by atoms with Gasteiger partial charge in [0.1, 0.15) is 13.1 Å². The van der Waals surface area contributed by atoms with Crippen LogP contribution in [0.2, 0.25) is 0 Å². The molecule has 0 N–H and O–H groups in total. The van der Waals surface area contributed by atoms with Crippen molar-refractivity contribution < 1.29 is 14.3 Å². The van der Waals surface area contributed by atoms with Gasteiger partial charge >= 0.3 is 0 Å². The molecule has 0 amide bonds. The summed E-state index contributed by atoms with van der Waals surface area (Å²) in [7, 11) is 1.59. The van der Waals surface area contributed by atoms with E-state index in [4.69, 9.17) is 9.47 Å². The monoisotopic (exact) mass is 186 g/mol. The highest BCUT2D eigenvalue weighted by molar-refractivity contribution is 5.53. The number of aldehydes is 1. The topological polar surface area (TPSA) is 35.5 Å². The van der Waals surface area contributed by atoms with Crippen LogP contribution in [0.15, 0.2) is 11.6 Å². The molecule has 3 nitrogen and oxygen atoms in total. The second-order valence-electron chi connectivity index (χ2n) is 3.15. The zero-order chi connectivity index (χ0) is 10.1. The fourth-order valence-corrected chi connectivity index (χ4v) is 0.972. The van der Waals surface area contributed by atoms with E-state index >= 15 is 0 Å². The van der Waals surface area contributed by atoms with E-state index in [1.54, 1.807) is 7.11 Å². The fourth-order valence-electron chi connectivity index (χ4n) is 0.972. The first-order chi connectivity index (χ1) is 6.20. The minimum absolute atomic E-state index is 0.0960. The van der Waals surface area contributed by atoms with Gasteiger partial charge in [0.05, 0.1) is 6.61 Å². The second kappa shape index (κ2) is 7.95. The van der Waals surface area contributed by atoms with Crippen LogP contribution in [0, 0.1) is 5.92 Å². The molecule has 0 spiro atoms. The fraction of sp³-hybridized carbons (Fsp3) is 0.700. The molecule has 0 aliphatic carbocycles. The Morgan fingerprint density at radius 1 is 1.54 bits per heavy atom. The Hall–Kier alpha value is -0.670. The Morgan fingerprint density at radius 3 is 2.77 bits per heavy atom. The second-order valence-corrected chi connectivity index (χ2v) is 3.15. The van der Waals surface area contributed by atoms with Gasteiger partial charge in [0.2, 0.25) is 0 Å². The lowest BCUT2D eigenvalue weighted by atomic mass is 10.0. The number of carbonyl (C=O) groups excluding carboxylic acids is 1. The Labute approximate surface area is 79.7 Å². The quantitative estimate of drug-likeness (QED) is 0.263. The molecule has 0 aromatic heterocycles. The normalized spacial score (nSPS) is 14.2. The van der Waals surface area contributed by atoms with Gasteiger partial charge in [0.15, 0.2) is 0 Å². The van der Waals surface area contributed by atoms with E-state index in [2.05, 4.69) is 0 Å². The molecule has 0 heterocycles. The molecule has 0 aliphatic heterocycles. The standard InChI is InChI=1S/C10H18O3/c1-9(6-10(2)7-11)4-5-13-8-12-3/h4,7,10H,5-6,8H2,1-3H3/b9-4+/t10-/m0/s1. The molecule has 1 atom stereocenters. The summed E-state index contributed by atoms with van der Waals surface area (Å²) in [6.07, 6.45) is 3.74. The number of methoxy groups -OCH3 is 1. The zero-order valence-corrected chi connectivity index (χ0v) is 8.58. The van der Waals surface area contributed by atoms with Gasteiger partial charge < -0.3 is 14.3 Å². The lowest BCUT2D eigenvalue weighted by molar-refractivity contribution is -0.110. The summed E-state index contributed by atoms with van der Waals surface area (Å²) in [5, 5.41) is 0. The maximum absolute atomic E-state index is 10.3. The zero-order valence-electron chi connectivity index (χ0n) is 8.58. The third kappa shape index (κ3) is 7.68. The Bertz CT molecular complexity index is 164.